The number of nitrogens with zero attached hydrogens (tertiary/aromatic N) is 3. The lowest BCUT2D eigenvalue weighted by atomic mass is 10.1. The summed E-state index contributed by atoms with van der Waals surface area (Å²) in [6.07, 6.45) is 3.53. The third-order valence-electron chi connectivity index (χ3n) is 2.94. The second-order valence-corrected chi connectivity index (χ2v) is 4.01. The van der Waals surface area contributed by atoms with E-state index in [0.717, 1.165) is 28.4 Å². The van der Waals surface area contributed by atoms with Crippen molar-refractivity contribution in [1.29, 1.82) is 0 Å². The van der Waals surface area contributed by atoms with Gasteiger partial charge in [-0.05, 0) is 30.3 Å². The molecule has 0 aliphatic rings. The lowest BCUT2D eigenvalue weighted by molar-refractivity contribution is 0.404. The summed E-state index contributed by atoms with van der Waals surface area (Å²) >= 11 is 0. The Hall–Kier alpha value is -2.56. The molecule has 19 heavy (non-hydrogen) atoms. The molecular weight excluding hydrogens is 242 g/mol. The summed E-state index contributed by atoms with van der Waals surface area (Å²) < 4.78 is 12.3. The van der Waals surface area contributed by atoms with Crippen molar-refractivity contribution in [3.8, 4) is 22.8 Å². The average Bonchev–Trinajstić information content (AvgIpc) is 2.93. The Morgan fingerprint density at radius 1 is 1.05 bits per heavy atom. The van der Waals surface area contributed by atoms with Crippen LogP contribution in [0.3, 0.4) is 0 Å². The molecule has 0 saturated carbocycles. The van der Waals surface area contributed by atoms with E-state index in [1.807, 2.05) is 36.5 Å². The smallest absolute Gasteiger partial charge is 0.153 e. The highest BCUT2D eigenvalue weighted by molar-refractivity contribution is 5.69. The standard InChI is InChI=1S/C14H13N3O2/c1-18-10-3-5-13(19-2)11(9-10)12-4-6-14-15-7-8-17(14)16-12/h3-9H,1-2H3. The van der Waals surface area contributed by atoms with Crippen LogP contribution < -0.4 is 9.47 Å². The molecule has 0 unspecified atom stereocenters. The van der Waals surface area contributed by atoms with Crippen LogP contribution in [-0.2, 0) is 0 Å². The van der Waals surface area contributed by atoms with E-state index in [4.69, 9.17) is 9.47 Å². The molecule has 3 rings (SSSR count). The number of benzene rings is 1. The van der Waals surface area contributed by atoms with Crippen molar-refractivity contribution in [2.45, 2.75) is 0 Å². The van der Waals surface area contributed by atoms with Gasteiger partial charge in [-0.1, -0.05) is 0 Å². The van der Waals surface area contributed by atoms with Gasteiger partial charge in [0, 0.05) is 18.0 Å². The molecule has 0 atom stereocenters. The van der Waals surface area contributed by atoms with Crippen LogP contribution in [0.25, 0.3) is 16.9 Å². The first kappa shape index (κ1) is 11.5. The quantitative estimate of drug-likeness (QED) is 0.721. The molecule has 2 aromatic heterocycles. The molecule has 5 heteroatoms. The van der Waals surface area contributed by atoms with Crippen LogP contribution in [0.4, 0.5) is 0 Å². The van der Waals surface area contributed by atoms with Crippen LogP contribution in [0, 0.1) is 0 Å². The average molecular weight is 255 g/mol. The molecule has 2 heterocycles. The highest BCUT2D eigenvalue weighted by atomic mass is 16.5. The van der Waals surface area contributed by atoms with Crippen molar-refractivity contribution in [3.63, 3.8) is 0 Å². The number of aromatic nitrogens is 3. The largest absolute Gasteiger partial charge is 0.497 e. The molecule has 0 radical (unpaired) electrons. The Morgan fingerprint density at radius 2 is 1.95 bits per heavy atom. The lowest BCUT2D eigenvalue weighted by Crippen LogP contribution is -1.96. The predicted molar refractivity (Wildman–Crippen MR) is 71.5 cm³/mol. The minimum absolute atomic E-state index is 0.757. The van der Waals surface area contributed by atoms with Crippen molar-refractivity contribution in [2.24, 2.45) is 0 Å². The molecule has 0 bridgehead atoms. The SMILES string of the molecule is COc1ccc(OC)c(-c2ccc3nccn3n2)c1. The summed E-state index contributed by atoms with van der Waals surface area (Å²) in [5.74, 6) is 1.52. The molecule has 3 aromatic rings. The van der Waals surface area contributed by atoms with E-state index in [1.54, 1.807) is 24.9 Å². The van der Waals surface area contributed by atoms with Crippen molar-refractivity contribution < 1.29 is 9.47 Å². The first-order valence-corrected chi connectivity index (χ1v) is 5.84. The Morgan fingerprint density at radius 3 is 2.74 bits per heavy atom. The maximum absolute atomic E-state index is 5.37. The Bertz CT molecular complexity index is 722. The fourth-order valence-corrected chi connectivity index (χ4v) is 1.97. The summed E-state index contributed by atoms with van der Waals surface area (Å²) in [5.41, 5.74) is 2.50. The van der Waals surface area contributed by atoms with E-state index in [9.17, 15) is 0 Å². The number of hydrogen-bond acceptors (Lipinski definition) is 4. The molecule has 5 nitrogen and oxygen atoms in total. The van der Waals surface area contributed by atoms with Gasteiger partial charge in [0.15, 0.2) is 5.65 Å². The topological polar surface area (TPSA) is 48.7 Å². The van der Waals surface area contributed by atoms with E-state index >= 15 is 0 Å². The predicted octanol–water partition coefficient (Wildman–Crippen LogP) is 2.41. The number of rotatable bonds is 3. The number of imidazole rings is 1. The maximum Gasteiger partial charge on any atom is 0.153 e. The highest BCUT2D eigenvalue weighted by Gasteiger charge is 2.10. The van der Waals surface area contributed by atoms with E-state index < -0.39 is 0 Å². The number of hydrogen-bond donors (Lipinski definition) is 0. The summed E-state index contributed by atoms with van der Waals surface area (Å²) in [4.78, 5) is 4.17. The van der Waals surface area contributed by atoms with Gasteiger partial charge in [0.05, 0.1) is 19.9 Å². The van der Waals surface area contributed by atoms with Gasteiger partial charge in [0.2, 0.25) is 0 Å². The molecular formula is C14H13N3O2. The van der Waals surface area contributed by atoms with Crippen molar-refractivity contribution >= 4 is 5.65 Å². The van der Waals surface area contributed by atoms with E-state index in [2.05, 4.69) is 10.1 Å². The van der Waals surface area contributed by atoms with E-state index in [1.165, 1.54) is 0 Å². The third-order valence-corrected chi connectivity index (χ3v) is 2.94. The van der Waals surface area contributed by atoms with Crippen LogP contribution in [0.5, 0.6) is 11.5 Å². The van der Waals surface area contributed by atoms with Crippen LogP contribution in [-0.4, -0.2) is 28.8 Å². The maximum atomic E-state index is 5.37. The molecule has 0 N–H and O–H groups in total. The summed E-state index contributed by atoms with van der Waals surface area (Å²) in [6, 6.07) is 9.47. The zero-order chi connectivity index (χ0) is 13.2. The molecule has 0 amide bonds. The van der Waals surface area contributed by atoms with Gasteiger partial charge in [0.1, 0.15) is 11.5 Å². The molecule has 0 fully saturated rings. The van der Waals surface area contributed by atoms with Gasteiger partial charge >= 0.3 is 0 Å². The Balaban J connectivity index is 2.18. The molecule has 1 aromatic carbocycles. The van der Waals surface area contributed by atoms with Gasteiger partial charge in [-0.25, -0.2) is 9.50 Å². The zero-order valence-corrected chi connectivity index (χ0v) is 10.7. The summed E-state index contributed by atoms with van der Waals surface area (Å²) in [5, 5.41) is 4.51. The van der Waals surface area contributed by atoms with Gasteiger partial charge in [-0.2, -0.15) is 5.10 Å². The fourth-order valence-electron chi connectivity index (χ4n) is 1.97. The van der Waals surface area contributed by atoms with E-state index in [0.29, 0.717) is 0 Å². The molecule has 96 valence electrons. The van der Waals surface area contributed by atoms with Crippen molar-refractivity contribution in [2.75, 3.05) is 14.2 Å². The third kappa shape index (κ3) is 1.99. The second kappa shape index (κ2) is 4.61. The molecule has 0 spiro atoms. The van der Waals surface area contributed by atoms with Crippen molar-refractivity contribution in [1.82, 2.24) is 14.6 Å². The van der Waals surface area contributed by atoms with Crippen LogP contribution in [0.1, 0.15) is 0 Å². The van der Waals surface area contributed by atoms with Crippen LogP contribution in [0.15, 0.2) is 42.7 Å². The van der Waals surface area contributed by atoms with Crippen LogP contribution in [0.2, 0.25) is 0 Å². The first-order valence-electron chi connectivity index (χ1n) is 5.84. The number of fused-ring (bicyclic) bond motifs is 1. The lowest BCUT2D eigenvalue weighted by Gasteiger charge is -2.10. The minimum Gasteiger partial charge on any atom is -0.497 e. The Kier molecular flexibility index (Phi) is 2.79. The molecule has 0 aliphatic heterocycles. The first-order chi connectivity index (χ1) is 9.31. The summed E-state index contributed by atoms with van der Waals surface area (Å²) in [6.45, 7) is 0. The minimum atomic E-state index is 0.757. The van der Waals surface area contributed by atoms with Gasteiger partial charge < -0.3 is 9.47 Å². The van der Waals surface area contributed by atoms with Crippen LogP contribution >= 0.6 is 0 Å². The second-order valence-electron chi connectivity index (χ2n) is 4.01. The highest BCUT2D eigenvalue weighted by Crippen LogP contribution is 2.32. The Labute approximate surface area is 110 Å². The number of ether oxygens (including phenoxy) is 2. The van der Waals surface area contributed by atoms with Gasteiger partial charge in [-0.15, -0.1) is 0 Å². The van der Waals surface area contributed by atoms with E-state index in [-0.39, 0.29) is 0 Å². The van der Waals surface area contributed by atoms with Gasteiger partial charge in [-0.3, -0.25) is 0 Å². The normalized spacial score (nSPS) is 10.6. The number of methoxy groups -OCH3 is 2. The zero-order valence-electron chi connectivity index (χ0n) is 10.7. The monoisotopic (exact) mass is 255 g/mol. The summed E-state index contributed by atoms with van der Waals surface area (Å²) in [7, 11) is 3.28. The fraction of sp³-hybridized carbons (Fsp3) is 0.143. The van der Waals surface area contributed by atoms with Gasteiger partial charge in [0.25, 0.3) is 0 Å². The van der Waals surface area contributed by atoms with Crippen molar-refractivity contribution in [3.05, 3.63) is 42.7 Å². The molecule has 0 saturated heterocycles. The molecule has 0 aliphatic carbocycles.